The van der Waals surface area contributed by atoms with Gasteiger partial charge in [0.2, 0.25) is 10.0 Å². The maximum absolute atomic E-state index is 12.4. The first-order chi connectivity index (χ1) is 14.4. The van der Waals surface area contributed by atoms with Crippen molar-refractivity contribution >= 4 is 27.6 Å². The number of rotatable bonds is 10. The maximum atomic E-state index is 12.4. The summed E-state index contributed by atoms with van der Waals surface area (Å²) in [6.07, 6.45) is 0.555. The summed E-state index contributed by atoms with van der Waals surface area (Å²) in [5.41, 5.74) is 0.454. The van der Waals surface area contributed by atoms with E-state index in [1.54, 1.807) is 0 Å². The van der Waals surface area contributed by atoms with Crippen molar-refractivity contribution in [2.24, 2.45) is 0 Å². The number of carbonyl (C=O) groups excluding carboxylic acids is 2. The second-order valence-electron chi connectivity index (χ2n) is 6.16. The molecule has 30 heavy (non-hydrogen) atoms. The summed E-state index contributed by atoms with van der Waals surface area (Å²) >= 11 is 0. The molecule has 1 aliphatic rings. The van der Waals surface area contributed by atoms with Crippen molar-refractivity contribution in [3.05, 3.63) is 35.5 Å². The molecule has 0 radical (unpaired) electrons. The Labute approximate surface area is 175 Å². The zero-order valence-corrected chi connectivity index (χ0v) is 18.0. The van der Waals surface area contributed by atoms with Gasteiger partial charge in [-0.1, -0.05) is 0 Å². The summed E-state index contributed by atoms with van der Waals surface area (Å²) in [6.45, 7) is 3.04. The van der Waals surface area contributed by atoms with Crippen molar-refractivity contribution in [3.8, 4) is 0 Å². The van der Waals surface area contributed by atoms with Crippen LogP contribution in [0.1, 0.15) is 13.3 Å². The Balaban J connectivity index is 2.23. The van der Waals surface area contributed by atoms with E-state index in [1.807, 2.05) is 6.92 Å². The van der Waals surface area contributed by atoms with Crippen molar-refractivity contribution in [3.63, 3.8) is 0 Å². The van der Waals surface area contributed by atoms with Crippen LogP contribution in [0.25, 0.3) is 0 Å². The Morgan fingerprint density at radius 3 is 2.40 bits per heavy atom. The smallest absolute Gasteiger partial charge is 0.355 e. The van der Waals surface area contributed by atoms with Gasteiger partial charge in [-0.25, -0.2) is 22.7 Å². The molecule has 0 saturated heterocycles. The van der Waals surface area contributed by atoms with Crippen LogP contribution in [0.15, 0.2) is 40.4 Å². The highest BCUT2D eigenvalue weighted by molar-refractivity contribution is 7.89. The van der Waals surface area contributed by atoms with Crippen molar-refractivity contribution in [2.45, 2.75) is 18.2 Å². The Morgan fingerprint density at radius 2 is 1.80 bits per heavy atom. The van der Waals surface area contributed by atoms with Gasteiger partial charge >= 0.3 is 11.9 Å². The molecule has 1 aromatic carbocycles. The topological polar surface area (TPSA) is 120 Å². The number of nitrogens with one attached hydrogen (secondary N) is 1. The molecule has 0 atom stereocenters. The summed E-state index contributed by atoms with van der Waals surface area (Å²) in [6, 6.07) is 5.84. The van der Waals surface area contributed by atoms with Crippen molar-refractivity contribution in [1.29, 1.82) is 0 Å². The first-order valence-corrected chi connectivity index (χ1v) is 10.8. The monoisotopic (exact) mass is 442 g/mol. The number of nitrogens with zero attached hydrogens (tertiary/aromatic N) is 1. The van der Waals surface area contributed by atoms with Crippen LogP contribution < -0.4 is 9.62 Å². The molecule has 0 saturated carbocycles. The van der Waals surface area contributed by atoms with E-state index in [0.29, 0.717) is 25.3 Å². The largest absolute Gasteiger partial charge is 0.466 e. The molecule has 1 aliphatic heterocycles. The van der Waals surface area contributed by atoms with Crippen molar-refractivity contribution < 1.29 is 37.0 Å². The number of ether oxygens (including phenoxy) is 4. The number of sulfonamides is 1. The summed E-state index contributed by atoms with van der Waals surface area (Å²) < 4.78 is 47.4. The second kappa shape index (κ2) is 11.1. The highest BCUT2D eigenvalue weighted by Gasteiger charge is 2.32. The lowest BCUT2D eigenvalue weighted by Crippen LogP contribution is -2.38. The van der Waals surface area contributed by atoms with Gasteiger partial charge in [0.1, 0.15) is 12.4 Å². The molecule has 0 aromatic heterocycles. The minimum Gasteiger partial charge on any atom is -0.466 e. The van der Waals surface area contributed by atoms with Gasteiger partial charge in [0, 0.05) is 25.4 Å². The molecule has 1 N–H and O–H groups in total. The third-order valence-corrected chi connectivity index (χ3v) is 5.73. The standard InChI is InChI=1S/C19H26N2O8S/c1-4-28-11-5-10-20-30(24,25)15-8-6-14(7-9-15)21-13-29-12-16(18(22)26-2)17(21)19(23)27-3/h6-9,20H,4-5,10-13H2,1-3H3. The molecule has 2 rings (SSSR count). The number of benzene rings is 1. The summed E-state index contributed by atoms with van der Waals surface area (Å²) in [5.74, 6) is -1.44. The van der Waals surface area contributed by atoms with Gasteiger partial charge in [-0.2, -0.15) is 0 Å². The number of hydrogen-bond donors (Lipinski definition) is 1. The van der Waals surface area contributed by atoms with Gasteiger partial charge in [0.15, 0.2) is 0 Å². The fourth-order valence-electron chi connectivity index (χ4n) is 2.76. The maximum Gasteiger partial charge on any atom is 0.355 e. The summed E-state index contributed by atoms with van der Waals surface area (Å²) in [5, 5.41) is 0. The number of carbonyl (C=O) groups is 2. The van der Waals surface area contributed by atoms with Crippen LogP contribution in [0.3, 0.4) is 0 Å². The predicted octanol–water partition coefficient (Wildman–Crippen LogP) is 0.786. The molecule has 0 amide bonds. The minimum absolute atomic E-state index is 0.0137. The van der Waals surface area contributed by atoms with Crippen LogP contribution in [0.4, 0.5) is 5.69 Å². The predicted molar refractivity (Wildman–Crippen MR) is 107 cm³/mol. The first kappa shape index (κ1) is 23.8. The van der Waals surface area contributed by atoms with Gasteiger partial charge in [-0.3, -0.25) is 0 Å². The van der Waals surface area contributed by atoms with E-state index in [0.717, 1.165) is 0 Å². The van der Waals surface area contributed by atoms with E-state index in [4.69, 9.17) is 18.9 Å². The Kier molecular flexibility index (Phi) is 8.78. The molecule has 0 fully saturated rings. The Bertz CT molecular complexity index is 880. The van der Waals surface area contributed by atoms with Crippen LogP contribution >= 0.6 is 0 Å². The van der Waals surface area contributed by atoms with E-state index in [1.165, 1.54) is 43.4 Å². The Hall–Kier alpha value is -2.47. The van der Waals surface area contributed by atoms with Crippen LogP contribution in [-0.2, 0) is 38.6 Å². The van der Waals surface area contributed by atoms with E-state index in [-0.39, 0.29) is 36.0 Å². The third-order valence-electron chi connectivity index (χ3n) is 4.25. The van der Waals surface area contributed by atoms with Crippen LogP contribution in [0.2, 0.25) is 0 Å². The van der Waals surface area contributed by atoms with Gasteiger partial charge in [0.25, 0.3) is 0 Å². The fourth-order valence-corrected chi connectivity index (χ4v) is 3.84. The summed E-state index contributed by atoms with van der Waals surface area (Å²) in [4.78, 5) is 25.8. The highest BCUT2D eigenvalue weighted by Crippen LogP contribution is 2.27. The molecule has 0 bridgehead atoms. The molecule has 10 nitrogen and oxygen atoms in total. The molecular weight excluding hydrogens is 416 g/mol. The normalized spacial score (nSPS) is 14.6. The zero-order valence-electron chi connectivity index (χ0n) is 17.2. The van der Waals surface area contributed by atoms with Crippen LogP contribution in [0.5, 0.6) is 0 Å². The Morgan fingerprint density at radius 1 is 1.13 bits per heavy atom. The zero-order chi connectivity index (χ0) is 22.1. The average Bonchev–Trinajstić information content (AvgIpc) is 2.77. The minimum atomic E-state index is -3.69. The summed E-state index contributed by atoms with van der Waals surface area (Å²) in [7, 11) is -1.29. The van der Waals surface area contributed by atoms with Gasteiger partial charge in [0.05, 0.1) is 31.3 Å². The quantitative estimate of drug-likeness (QED) is 0.414. The number of anilines is 1. The molecule has 1 heterocycles. The molecular formula is C19H26N2O8S. The molecule has 11 heteroatoms. The van der Waals surface area contributed by atoms with E-state index in [2.05, 4.69) is 4.72 Å². The van der Waals surface area contributed by atoms with Crippen molar-refractivity contribution in [1.82, 2.24) is 4.72 Å². The number of esters is 2. The highest BCUT2D eigenvalue weighted by atomic mass is 32.2. The van der Waals surface area contributed by atoms with E-state index in [9.17, 15) is 18.0 Å². The molecule has 0 aliphatic carbocycles. The molecule has 166 valence electrons. The van der Waals surface area contributed by atoms with Crippen LogP contribution in [-0.4, -0.2) is 67.7 Å². The number of methoxy groups -OCH3 is 2. The molecule has 1 aromatic rings. The van der Waals surface area contributed by atoms with Crippen LogP contribution in [0, 0.1) is 0 Å². The van der Waals surface area contributed by atoms with E-state index < -0.39 is 22.0 Å². The average molecular weight is 442 g/mol. The lowest BCUT2D eigenvalue weighted by Gasteiger charge is -2.31. The van der Waals surface area contributed by atoms with E-state index >= 15 is 0 Å². The van der Waals surface area contributed by atoms with Crippen molar-refractivity contribution in [2.75, 3.05) is 52.2 Å². The van der Waals surface area contributed by atoms with Gasteiger partial charge in [-0.05, 0) is 37.6 Å². The third kappa shape index (κ3) is 5.79. The first-order valence-electron chi connectivity index (χ1n) is 9.28. The van der Waals surface area contributed by atoms with Gasteiger partial charge in [-0.15, -0.1) is 0 Å². The fraction of sp³-hybridized carbons (Fsp3) is 0.474. The second-order valence-corrected chi connectivity index (χ2v) is 7.93. The lowest BCUT2D eigenvalue weighted by molar-refractivity contribution is -0.140. The molecule has 0 spiro atoms. The van der Waals surface area contributed by atoms with Gasteiger partial charge < -0.3 is 23.8 Å². The number of hydrogen-bond acceptors (Lipinski definition) is 9. The molecule has 0 unspecified atom stereocenters. The lowest BCUT2D eigenvalue weighted by atomic mass is 10.1. The SMILES string of the molecule is CCOCCCNS(=O)(=O)c1ccc(N2COCC(C(=O)OC)=C2C(=O)OC)cc1.